The van der Waals surface area contributed by atoms with Crippen molar-refractivity contribution in [2.45, 2.75) is 57.0 Å². The van der Waals surface area contributed by atoms with E-state index in [2.05, 4.69) is 34.9 Å². The van der Waals surface area contributed by atoms with E-state index >= 15 is 0 Å². The van der Waals surface area contributed by atoms with E-state index in [0.717, 1.165) is 12.8 Å². The Morgan fingerprint density at radius 2 is 1.67 bits per heavy atom. The number of aliphatic carboxylic acids is 1. The number of carbonyl (C=O) groups excluding carboxylic acids is 2. The van der Waals surface area contributed by atoms with Crippen molar-refractivity contribution in [2.75, 3.05) is 6.61 Å². The standard InChI is InChI=1S/C26H30N2O5/c1-2-23(25(30)31)28-24(29)14-16-11-12-17(13-16)27-26(32)33-15-22-20-9-5-3-7-18(20)19-8-4-6-10-21(19)22/h3-10,16-17,22-23H,2,11-15H2,1H3,(H,27,32)(H,28,29)(H,30,31)/t16-,17+,23+/m0/s1. The summed E-state index contributed by atoms with van der Waals surface area (Å²) in [7, 11) is 0. The molecule has 174 valence electrons. The summed E-state index contributed by atoms with van der Waals surface area (Å²) < 4.78 is 5.62. The molecule has 0 aromatic heterocycles. The topological polar surface area (TPSA) is 105 Å². The van der Waals surface area contributed by atoms with Gasteiger partial charge in [-0.15, -0.1) is 0 Å². The Kier molecular flexibility index (Phi) is 6.96. The van der Waals surface area contributed by atoms with Crippen LogP contribution in [0.25, 0.3) is 11.1 Å². The highest BCUT2D eigenvalue weighted by atomic mass is 16.5. The highest BCUT2D eigenvalue weighted by molar-refractivity contribution is 5.83. The van der Waals surface area contributed by atoms with Crippen molar-refractivity contribution in [3.63, 3.8) is 0 Å². The maximum Gasteiger partial charge on any atom is 0.407 e. The van der Waals surface area contributed by atoms with Crippen LogP contribution in [-0.4, -0.2) is 41.8 Å². The monoisotopic (exact) mass is 450 g/mol. The first-order chi connectivity index (χ1) is 16.0. The SMILES string of the molecule is CC[C@@H](NC(=O)C[C@H]1CC[C@@H](NC(=O)OCC2c3ccccc3-c3ccccc32)C1)C(=O)O. The lowest BCUT2D eigenvalue weighted by Gasteiger charge is -2.17. The lowest BCUT2D eigenvalue weighted by molar-refractivity contribution is -0.142. The fourth-order valence-electron chi connectivity index (χ4n) is 5.05. The van der Waals surface area contributed by atoms with Gasteiger partial charge in [-0.3, -0.25) is 4.79 Å². The average Bonchev–Trinajstić information content (AvgIpc) is 3.37. The van der Waals surface area contributed by atoms with Gasteiger partial charge >= 0.3 is 12.1 Å². The van der Waals surface area contributed by atoms with Crippen LogP contribution in [0.5, 0.6) is 0 Å². The highest BCUT2D eigenvalue weighted by Crippen LogP contribution is 2.44. The summed E-state index contributed by atoms with van der Waals surface area (Å²) in [6, 6.07) is 15.5. The van der Waals surface area contributed by atoms with Gasteiger partial charge < -0.3 is 20.5 Å². The number of amides is 2. The molecule has 1 saturated carbocycles. The Labute approximate surface area is 193 Å². The van der Waals surface area contributed by atoms with Gasteiger partial charge in [-0.1, -0.05) is 55.5 Å². The van der Waals surface area contributed by atoms with E-state index in [-0.39, 0.29) is 36.8 Å². The molecule has 7 heteroatoms. The maximum absolute atomic E-state index is 12.5. The van der Waals surface area contributed by atoms with Crippen LogP contribution in [-0.2, 0) is 14.3 Å². The number of carbonyl (C=O) groups is 3. The largest absolute Gasteiger partial charge is 0.480 e. The summed E-state index contributed by atoms with van der Waals surface area (Å²) in [6.45, 7) is 2.00. The fraction of sp³-hybridized carbons (Fsp3) is 0.423. The third-order valence-electron chi connectivity index (χ3n) is 6.72. The minimum Gasteiger partial charge on any atom is -0.480 e. The van der Waals surface area contributed by atoms with Gasteiger partial charge in [0.25, 0.3) is 0 Å². The van der Waals surface area contributed by atoms with Gasteiger partial charge in [0.15, 0.2) is 0 Å². The van der Waals surface area contributed by atoms with Gasteiger partial charge in [0.1, 0.15) is 12.6 Å². The number of carboxylic acid groups (broad SMARTS) is 1. The smallest absolute Gasteiger partial charge is 0.407 e. The summed E-state index contributed by atoms with van der Waals surface area (Å²) in [6.07, 6.45) is 2.44. The quantitative estimate of drug-likeness (QED) is 0.563. The third-order valence-corrected chi connectivity index (χ3v) is 6.72. The zero-order chi connectivity index (χ0) is 23.4. The molecule has 3 N–H and O–H groups in total. The van der Waals surface area contributed by atoms with E-state index in [1.165, 1.54) is 22.3 Å². The second-order valence-electron chi connectivity index (χ2n) is 8.92. The van der Waals surface area contributed by atoms with Crippen molar-refractivity contribution in [3.8, 4) is 11.1 Å². The number of hydrogen-bond donors (Lipinski definition) is 3. The van der Waals surface area contributed by atoms with Gasteiger partial charge in [0, 0.05) is 18.4 Å². The van der Waals surface area contributed by atoms with Crippen LogP contribution < -0.4 is 10.6 Å². The lowest BCUT2D eigenvalue weighted by Crippen LogP contribution is -2.40. The van der Waals surface area contributed by atoms with Crippen molar-refractivity contribution in [1.29, 1.82) is 0 Å². The molecule has 0 aliphatic heterocycles. The van der Waals surface area contributed by atoms with Gasteiger partial charge in [0.05, 0.1) is 0 Å². The Balaban J connectivity index is 1.26. The summed E-state index contributed by atoms with van der Waals surface area (Å²) in [5.41, 5.74) is 4.72. The minimum atomic E-state index is -1.02. The van der Waals surface area contributed by atoms with Gasteiger partial charge in [-0.25, -0.2) is 9.59 Å². The van der Waals surface area contributed by atoms with Gasteiger partial charge in [-0.2, -0.15) is 0 Å². The second-order valence-corrected chi connectivity index (χ2v) is 8.92. The molecule has 7 nitrogen and oxygen atoms in total. The second kappa shape index (κ2) is 10.1. The molecule has 0 saturated heterocycles. The number of ether oxygens (including phenoxy) is 1. The van der Waals surface area contributed by atoms with Crippen LogP contribution >= 0.6 is 0 Å². The number of rotatable bonds is 8. The van der Waals surface area contributed by atoms with E-state index in [9.17, 15) is 14.4 Å². The first-order valence-electron chi connectivity index (χ1n) is 11.6. The Morgan fingerprint density at radius 1 is 1.03 bits per heavy atom. The van der Waals surface area contributed by atoms with Crippen molar-refractivity contribution < 1.29 is 24.2 Å². The Bertz CT molecular complexity index is 991. The number of nitrogens with one attached hydrogen (secondary N) is 2. The van der Waals surface area contributed by atoms with E-state index in [0.29, 0.717) is 12.8 Å². The van der Waals surface area contributed by atoms with Crippen LogP contribution in [0.3, 0.4) is 0 Å². The maximum atomic E-state index is 12.5. The first kappa shape index (κ1) is 22.8. The van der Waals surface area contributed by atoms with Crippen LogP contribution in [0.2, 0.25) is 0 Å². The molecule has 2 aromatic carbocycles. The summed E-state index contributed by atoms with van der Waals surface area (Å²) in [5.74, 6) is -1.14. The normalized spacial score (nSPS) is 19.9. The predicted molar refractivity (Wildman–Crippen MR) is 124 cm³/mol. The molecule has 0 bridgehead atoms. The Morgan fingerprint density at radius 3 is 2.27 bits per heavy atom. The third kappa shape index (κ3) is 5.18. The molecule has 0 radical (unpaired) electrons. The Hall–Kier alpha value is -3.35. The van der Waals surface area contributed by atoms with Crippen LogP contribution in [0.1, 0.15) is 56.1 Å². The summed E-state index contributed by atoms with van der Waals surface area (Å²) >= 11 is 0. The molecule has 0 spiro atoms. The lowest BCUT2D eigenvalue weighted by atomic mass is 9.98. The van der Waals surface area contributed by atoms with E-state index < -0.39 is 18.1 Å². The molecule has 2 aliphatic carbocycles. The van der Waals surface area contributed by atoms with E-state index in [4.69, 9.17) is 9.84 Å². The highest BCUT2D eigenvalue weighted by Gasteiger charge is 2.31. The summed E-state index contributed by atoms with van der Waals surface area (Å²) in [5, 5.41) is 14.6. The van der Waals surface area contributed by atoms with Crippen molar-refractivity contribution >= 4 is 18.0 Å². The minimum absolute atomic E-state index is 0.0175. The van der Waals surface area contributed by atoms with Crippen molar-refractivity contribution in [3.05, 3.63) is 59.7 Å². The number of alkyl carbamates (subject to hydrolysis) is 1. The molecule has 3 atom stereocenters. The molecule has 0 heterocycles. The molecule has 2 aliphatic rings. The molecule has 2 aromatic rings. The van der Waals surface area contributed by atoms with Gasteiger partial charge in [0.2, 0.25) is 5.91 Å². The van der Waals surface area contributed by atoms with Crippen LogP contribution in [0, 0.1) is 5.92 Å². The van der Waals surface area contributed by atoms with Crippen LogP contribution in [0.15, 0.2) is 48.5 Å². The molecule has 33 heavy (non-hydrogen) atoms. The van der Waals surface area contributed by atoms with Crippen molar-refractivity contribution in [1.82, 2.24) is 10.6 Å². The number of carboxylic acids is 1. The van der Waals surface area contributed by atoms with Gasteiger partial charge in [-0.05, 0) is 53.9 Å². The first-order valence-corrected chi connectivity index (χ1v) is 11.6. The zero-order valence-electron chi connectivity index (χ0n) is 18.8. The van der Waals surface area contributed by atoms with Crippen molar-refractivity contribution in [2.24, 2.45) is 5.92 Å². The summed E-state index contributed by atoms with van der Waals surface area (Å²) in [4.78, 5) is 35.7. The zero-order valence-corrected chi connectivity index (χ0v) is 18.8. The van der Waals surface area contributed by atoms with E-state index in [1.807, 2.05) is 24.3 Å². The molecular weight excluding hydrogens is 420 g/mol. The fourth-order valence-corrected chi connectivity index (χ4v) is 5.05. The van der Waals surface area contributed by atoms with Crippen LogP contribution in [0.4, 0.5) is 4.79 Å². The number of benzene rings is 2. The molecule has 0 unspecified atom stereocenters. The number of fused-ring (bicyclic) bond motifs is 3. The predicted octanol–water partition coefficient (Wildman–Crippen LogP) is 4.06. The molecule has 1 fully saturated rings. The number of hydrogen-bond acceptors (Lipinski definition) is 4. The average molecular weight is 451 g/mol. The molecular formula is C26H30N2O5. The van der Waals surface area contributed by atoms with E-state index in [1.54, 1.807) is 6.92 Å². The molecule has 4 rings (SSSR count). The molecule has 2 amide bonds.